The zero-order valence-electron chi connectivity index (χ0n) is 8.92. The van der Waals surface area contributed by atoms with Crippen LogP contribution < -0.4 is 0 Å². The fourth-order valence-corrected chi connectivity index (χ4v) is 2.16. The minimum Gasteiger partial charge on any atom is -0.481 e. The van der Waals surface area contributed by atoms with Crippen LogP contribution in [0.1, 0.15) is 36.8 Å². The molecule has 0 radical (unpaired) electrons. The SMILES string of the molecule is O=C(O)C1(c2ccc(C(F)F)c(F)c2)CCC1. The monoisotopic (exact) mass is 244 g/mol. The lowest BCUT2D eigenvalue weighted by Gasteiger charge is -2.38. The van der Waals surface area contributed by atoms with Gasteiger partial charge in [-0.05, 0) is 24.5 Å². The fourth-order valence-electron chi connectivity index (χ4n) is 2.16. The van der Waals surface area contributed by atoms with Crippen molar-refractivity contribution in [3.8, 4) is 0 Å². The molecule has 0 saturated heterocycles. The maximum absolute atomic E-state index is 13.4. The Bertz CT molecular complexity index is 453. The van der Waals surface area contributed by atoms with Crippen molar-refractivity contribution in [2.75, 3.05) is 0 Å². The molecule has 0 spiro atoms. The number of rotatable bonds is 3. The molecule has 0 unspecified atom stereocenters. The third kappa shape index (κ3) is 1.79. The van der Waals surface area contributed by atoms with Gasteiger partial charge in [-0.15, -0.1) is 0 Å². The highest BCUT2D eigenvalue weighted by Crippen LogP contribution is 2.44. The second kappa shape index (κ2) is 4.05. The summed E-state index contributed by atoms with van der Waals surface area (Å²) in [5.41, 5.74) is -1.49. The van der Waals surface area contributed by atoms with E-state index < -0.39 is 29.2 Å². The van der Waals surface area contributed by atoms with E-state index in [1.807, 2.05) is 0 Å². The normalized spacial score (nSPS) is 17.9. The third-order valence-corrected chi connectivity index (χ3v) is 3.40. The average molecular weight is 244 g/mol. The lowest BCUT2D eigenvalue weighted by atomic mass is 9.64. The maximum Gasteiger partial charge on any atom is 0.314 e. The summed E-state index contributed by atoms with van der Waals surface area (Å²) in [6, 6.07) is 3.19. The Morgan fingerprint density at radius 3 is 2.35 bits per heavy atom. The number of benzene rings is 1. The molecule has 0 amide bonds. The van der Waals surface area contributed by atoms with Crippen LogP contribution in [0.4, 0.5) is 13.2 Å². The predicted octanol–water partition coefficient (Wildman–Crippen LogP) is 3.27. The van der Waals surface area contributed by atoms with E-state index in [1.165, 1.54) is 6.07 Å². The van der Waals surface area contributed by atoms with Crippen molar-refractivity contribution in [3.05, 3.63) is 35.1 Å². The number of carbonyl (C=O) groups is 1. The highest BCUT2D eigenvalue weighted by atomic mass is 19.3. The summed E-state index contributed by atoms with van der Waals surface area (Å²) in [5.74, 6) is -2.06. The molecule has 17 heavy (non-hydrogen) atoms. The van der Waals surface area contributed by atoms with Crippen molar-refractivity contribution < 1.29 is 23.1 Å². The lowest BCUT2D eigenvalue weighted by molar-refractivity contribution is -0.147. The topological polar surface area (TPSA) is 37.3 Å². The Morgan fingerprint density at radius 1 is 1.35 bits per heavy atom. The Labute approximate surface area is 96.1 Å². The first kappa shape index (κ1) is 12.0. The van der Waals surface area contributed by atoms with Crippen molar-refractivity contribution in [2.24, 2.45) is 0 Å². The minimum atomic E-state index is -2.88. The van der Waals surface area contributed by atoms with Gasteiger partial charge in [-0.3, -0.25) is 4.79 Å². The molecule has 0 atom stereocenters. The van der Waals surface area contributed by atoms with Gasteiger partial charge in [0.1, 0.15) is 5.82 Å². The van der Waals surface area contributed by atoms with E-state index in [2.05, 4.69) is 0 Å². The number of carboxylic acid groups (broad SMARTS) is 1. The number of carboxylic acids is 1. The molecule has 1 fully saturated rings. The second-order valence-corrected chi connectivity index (χ2v) is 4.28. The van der Waals surface area contributed by atoms with Crippen LogP contribution in [-0.2, 0) is 10.2 Å². The lowest BCUT2D eigenvalue weighted by Crippen LogP contribution is -2.42. The van der Waals surface area contributed by atoms with E-state index >= 15 is 0 Å². The summed E-state index contributed by atoms with van der Waals surface area (Å²) < 4.78 is 38.1. The molecule has 1 N–H and O–H groups in total. The molecule has 1 aromatic carbocycles. The number of alkyl halides is 2. The van der Waals surface area contributed by atoms with Crippen molar-refractivity contribution in [1.82, 2.24) is 0 Å². The van der Waals surface area contributed by atoms with Crippen LogP contribution in [0, 0.1) is 5.82 Å². The summed E-state index contributed by atoms with van der Waals surface area (Å²) in [4.78, 5) is 11.2. The van der Waals surface area contributed by atoms with E-state index in [4.69, 9.17) is 5.11 Å². The average Bonchev–Trinajstić information content (AvgIpc) is 2.14. The molecule has 0 bridgehead atoms. The number of halogens is 3. The van der Waals surface area contributed by atoms with Gasteiger partial charge >= 0.3 is 5.97 Å². The third-order valence-electron chi connectivity index (χ3n) is 3.40. The van der Waals surface area contributed by atoms with Crippen molar-refractivity contribution in [2.45, 2.75) is 31.1 Å². The molecule has 92 valence electrons. The Balaban J connectivity index is 2.41. The van der Waals surface area contributed by atoms with Crippen LogP contribution in [0.5, 0.6) is 0 Å². The first-order valence-corrected chi connectivity index (χ1v) is 5.29. The summed E-state index contributed by atoms with van der Waals surface area (Å²) in [7, 11) is 0. The van der Waals surface area contributed by atoms with Gasteiger partial charge in [-0.1, -0.05) is 18.6 Å². The standard InChI is InChI=1S/C12H11F3O2/c13-9-6-7(2-3-8(9)10(14)15)12(11(16)17)4-1-5-12/h2-3,6,10H,1,4-5H2,(H,16,17). The molecule has 5 heteroatoms. The summed E-state index contributed by atoms with van der Waals surface area (Å²) >= 11 is 0. The van der Waals surface area contributed by atoms with Crippen LogP contribution in [0.15, 0.2) is 18.2 Å². The first-order chi connectivity index (χ1) is 7.97. The van der Waals surface area contributed by atoms with Crippen molar-refractivity contribution >= 4 is 5.97 Å². The van der Waals surface area contributed by atoms with E-state index in [9.17, 15) is 18.0 Å². The van der Waals surface area contributed by atoms with E-state index in [1.54, 1.807) is 0 Å². The zero-order valence-corrected chi connectivity index (χ0v) is 8.92. The predicted molar refractivity (Wildman–Crippen MR) is 54.5 cm³/mol. The van der Waals surface area contributed by atoms with Crippen LogP contribution in [0.3, 0.4) is 0 Å². The molecule has 1 saturated carbocycles. The van der Waals surface area contributed by atoms with Gasteiger partial charge < -0.3 is 5.11 Å². The first-order valence-electron chi connectivity index (χ1n) is 5.29. The van der Waals surface area contributed by atoms with E-state index in [-0.39, 0.29) is 5.56 Å². The van der Waals surface area contributed by atoms with Crippen molar-refractivity contribution in [1.29, 1.82) is 0 Å². The van der Waals surface area contributed by atoms with Crippen LogP contribution in [-0.4, -0.2) is 11.1 Å². The van der Waals surface area contributed by atoms with E-state index in [0.29, 0.717) is 12.8 Å². The molecular weight excluding hydrogens is 233 g/mol. The van der Waals surface area contributed by atoms with E-state index in [0.717, 1.165) is 18.6 Å². The zero-order chi connectivity index (χ0) is 12.6. The van der Waals surface area contributed by atoms with Gasteiger partial charge in [-0.25, -0.2) is 13.2 Å². The molecule has 1 aromatic rings. The molecule has 2 rings (SSSR count). The van der Waals surface area contributed by atoms with Crippen LogP contribution >= 0.6 is 0 Å². The second-order valence-electron chi connectivity index (χ2n) is 4.28. The van der Waals surface area contributed by atoms with Gasteiger partial charge in [0.15, 0.2) is 0 Å². The van der Waals surface area contributed by atoms with Crippen LogP contribution in [0.25, 0.3) is 0 Å². The quantitative estimate of drug-likeness (QED) is 0.886. The summed E-state index contributed by atoms with van der Waals surface area (Å²) in [6.45, 7) is 0. The molecule has 0 aromatic heterocycles. The van der Waals surface area contributed by atoms with Gasteiger partial charge in [0.25, 0.3) is 6.43 Å². The Hall–Kier alpha value is -1.52. The summed E-state index contributed by atoms with van der Waals surface area (Å²) in [6.07, 6.45) is -1.28. The molecular formula is C12H11F3O2. The maximum atomic E-state index is 13.4. The Morgan fingerprint density at radius 2 is 2.00 bits per heavy atom. The summed E-state index contributed by atoms with van der Waals surface area (Å²) in [5, 5.41) is 9.14. The largest absolute Gasteiger partial charge is 0.481 e. The van der Waals surface area contributed by atoms with Gasteiger partial charge in [0.05, 0.1) is 11.0 Å². The molecule has 1 aliphatic carbocycles. The fraction of sp³-hybridized carbons (Fsp3) is 0.417. The van der Waals surface area contributed by atoms with Gasteiger partial charge in [0, 0.05) is 0 Å². The van der Waals surface area contributed by atoms with Gasteiger partial charge in [-0.2, -0.15) is 0 Å². The number of hydrogen-bond acceptors (Lipinski definition) is 1. The molecule has 2 nitrogen and oxygen atoms in total. The minimum absolute atomic E-state index is 0.276. The number of aliphatic carboxylic acids is 1. The van der Waals surface area contributed by atoms with Crippen molar-refractivity contribution in [3.63, 3.8) is 0 Å². The highest BCUT2D eigenvalue weighted by Gasteiger charge is 2.46. The smallest absolute Gasteiger partial charge is 0.314 e. The molecule has 1 aliphatic rings. The van der Waals surface area contributed by atoms with Crippen LogP contribution in [0.2, 0.25) is 0 Å². The molecule has 0 heterocycles. The van der Waals surface area contributed by atoms with Gasteiger partial charge in [0.2, 0.25) is 0 Å². The number of hydrogen-bond donors (Lipinski definition) is 1. The Kier molecular flexibility index (Phi) is 2.85. The molecule has 0 aliphatic heterocycles. The highest BCUT2D eigenvalue weighted by molar-refractivity contribution is 5.82.